The molecule has 6 nitrogen and oxygen atoms in total. The van der Waals surface area contributed by atoms with Crippen LogP contribution in [0.4, 0.5) is 0 Å². The predicted octanol–water partition coefficient (Wildman–Crippen LogP) is 1.54. The monoisotopic (exact) mass is 343 g/mol. The highest BCUT2D eigenvalue weighted by Gasteiger charge is 2.25. The van der Waals surface area contributed by atoms with Crippen LogP contribution in [0.15, 0.2) is 36.7 Å². The van der Waals surface area contributed by atoms with Crippen molar-refractivity contribution in [1.82, 2.24) is 25.0 Å². The van der Waals surface area contributed by atoms with Gasteiger partial charge in [-0.25, -0.2) is 9.67 Å². The Hall–Kier alpha value is -1.63. The lowest BCUT2D eigenvalue weighted by atomic mass is 10.2. The molecule has 1 atom stereocenters. The summed E-state index contributed by atoms with van der Waals surface area (Å²) in [6, 6.07) is 7.44. The van der Waals surface area contributed by atoms with Crippen LogP contribution in [-0.2, 0) is 0 Å². The zero-order valence-corrected chi connectivity index (χ0v) is 13.8. The number of hydrogen-bond acceptors (Lipinski definition) is 4. The first-order chi connectivity index (χ1) is 9.75. The molecule has 0 radical (unpaired) electrons. The molecular formula is C14H19Cl2N5O. The minimum atomic E-state index is -0.0204. The Morgan fingerprint density at radius 3 is 2.82 bits per heavy atom. The molecular weight excluding hydrogens is 325 g/mol. The summed E-state index contributed by atoms with van der Waals surface area (Å²) < 4.78 is 1.65. The second kappa shape index (κ2) is 8.12. The number of rotatable bonds is 2. The minimum absolute atomic E-state index is 0. The molecule has 22 heavy (non-hydrogen) atoms. The molecule has 2 aromatic heterocycles. The van der Waals surface area contributed by atoms with Crippen LogP contribution >= 0.6 is 24.8 Å². The summed E-state index contributed by atoms with van der Waals surface area (Å²) in [6.45, 7) is 4.41. The summed E-state index contributed by atoms with van der Waals surface area (Å²) >= 11 is 0. The van der Waals surface area contributed by atoms with Crippen molar-refractivity contribution in [3.8, 4) is 5.82 Å². The van der Waals surface area contributed by atoms with Crippen LogP contribution in [-0.4, -0.2) is 51.2 Å². The van der Waals surface area contributed by atoms with Gasteiger partial charge in [0.15, 0.2) is 5.82 Å². The zero-order valence-electron chi connectivity index (χ0n) is 12.2. The van der Waals surface area contributed by atoms with E-state index in [0.717, 1.165) is 13.1 Å². The first-order valence-electron chi connectivity index (χ1n) is 6.74. The number of piperazine rings is 1. The third-order valence-corrected chi connectivity index (χ3v) is 3.45. The SMILES string of the molecule is CC1CNCCN1C(=O)c1cccc(-n2cccn2)n1.Cl.Cl. The van der Waals surface area contributed by atoms with Crippen molar-refractivity contribution in [1.29, 1.82) is 0 Å². The first kappa shape index (κ1) is 18.4. The summed E-state index contributed by atoms with van der Waals surface area (Å²) in [5.74, 6) is 0.636. The number of nitrogens with one attached hydrogen (secondary N) is 1. The smallest absolute Gasteiger partial charge is 0.272 e. The summed E-state index contributed by atoms with van der Waals surface area (Å²) in [7, 11) is 0. The van der Waals surface area contributed by atoms with Gasteiger partial charge in [-0.2, -0.15) is 5.10 Å². The molecule has 1 aliphatic rings. The molecule has 0 spiro atoms. The van der Waals surface area contributed by atoms with Crippen molar-refractivity contribution >= 4 is 30.7 Å². The summed E-state index contributed by atoms with van der Waals surface area (Å²) in [5.41, 5.74) is 0.465. The molecule has 3 heterocycles. The maximum atomic E-state index is 12.5. The number of nitrogens with zero attached hydrogens (tertiary/aromatic N) is 4. The maximum Gasteiger partial charge on any atom is 0.272 e. The average Bonchev–Trinajstić information content (AvgIpc) is 3.01. The van der Waals surface area contributed by atoms with E-state index in [1.165, 1.54) is 0 Å². The third kappa shape index (κ3) is 3.76. The fourth-order valence-corrected chi connectivity index (χ4v) is 2.36. The quantitative estimate of drug-likeness (QED) is 0.898. The van der Waals surface area contributed by atoms with Crippen molar-refractivity contribution < 1.29 is 4.79 Å². The van der Waals surface area contributed by atoms with Gasteiger partial charge in [-0.15, -0.1) is 24.8 Å². The molecule has 3 rings (SSSR count). The first-order valence-corrected chi connectivity index (χ1v) is 6.74. The molecule has 1 N–H and O–H groups in total. The maximum absolute atomic E-state index is 12.5. The molecule has 1 unspecified atom stereocenters. The van der Waals surface area contributed by atoms with Gasteiger partial charge < -0.3 is 10.2 Å². The fraction of sp³-hybridized carbons (Fsp3) is 0.357. The highest BCUT2D eigenvalue weighted by molar-refractivity contribution is 5.92. The Bertz CT molecular complexity index is 605. The van der Waals surface area contributed by atoms with E-state index >= 15 is 0 Å². The molecule has 1 amide bonds. The lowest BCUT2D eigenvalue weighted by Gasteiger charge is -2.33. The molecule has 1 fully saturated rings. The molecule has 1 saturated heterocycles. The van der Waals surface area contributed by atoms with Gasteiger partial charge in [-0.05, 0) is 25.1 Å². The largest absolute Gasteiger partial charge is 0.332 e. The number of aromatic nitrogens is 3. The Kier molecular flexibility index (Phi) is 6.80. The fourth-order valence-electron chi connectivity index (χ4n) is 2.36. The molecule has 1 aliphatic heterocycles. The lowest BCUT2D eigenvalue weighted by molar-refractivity contribution is 0.0649. The Labute approximate surface area is 141 Å². The van der Waals surface area contributed by atoms with E-state index in [9.17, 15) is 4.79 Å². The van der Waals surface area contributed by atoms with Crippen molar-refractivity contribution in [2.75, 3.05) is 19.6 Å². The highest BCUT2D eigenvalue weighted by atomic mass is 35.5. The Morgan fingerprint density at radius 1 is 1.32 bits per heavy atom. The second-order valence-electron chi connectivity index (χ2n) is 4.88. The van der Waals surface area contributed by atoms with Crippen molar-refractivity contribution in [3.05, 3.63) is 42.4 Å². The number of carbonyl (C=O) groups is 1. The molecule has 120 valence electrons. The molecule has 0 aliphatic carbocycles. The normalized spacial score (nSPS) is 17.3. The van der Waals surface area contributed by atoms with E-state index < -0.39 is 0 Å². The summed E-state index contributed by atoms with van der Waals surface area (Å²) in [5, 5.41) is 7.41. The minimum Gasteiger partial charge on any atom is -0.332 e. The van der Waals surface area contributed by atoms with E-state index in [0.29, 0.717) is 18.1 Å². The zero-order chi connectivity index (χ0) is 13.9. The van der Waals surface area contributed by atoms with E-state index in [4.69, 9.17) is 0 Å². The van der Waals surface area contributed by atoms with Crippen molar-refractivity contribution in [2.45, 2.75) is 13.0 Å². The average molecular weight is 344 g/mol. The number of amides is 1. The molecule has 2 aromatic rings. The van der Waals surface area contributed by atoms with Crippen molar-refractivity contribution in [2.24, 2.45) is 0 Å². The van der Waals surface area contributed by atoms with Gasteiger partial charge in [-0.3, -0.25) is 4.79 Å². The molecule has 8 heteroatoms. The lowest BCUT2D eigenvalue weighted by Crippen LogP contribution is -2.52. The number of halogens is 2. The van der Waals surface area contributed by atoms with Crippen LogP contribution in [0.25, 0.3) is 5.82 Å². The van der Waals surface area contributed by atoms with Gasteiger partial charge in [0.2, 0.25) is 0 Å². The number of hydrogen-bond donors (Lipinski definition) is 1. The topological polar surface area (TPSA) is 63.1 Å². The molecule has 0 bridgehead atoms. The van der Waals surface area contributed by atoms with Crippen LogP contribution in [0, 0.1) is 0 Å². The molecule has 0 aromatic carbocycles. The predicted molar refractivity (Wildman–Crippen MR) is 89.2 cm³/mol. The highest BCUT2D eigenvalue weighted by Crippen LogP contribution is 2.11. The Balaban J connectivity index is 0.00000121. The van der Waals surface area contributed by atoms with Gasteiger partial charge in [0, 0.05) is 38.1 Å². The van der Waals surface area contributed by atoms with E-state index in [1.807, 2.05) is 36.2 Å². The van der Waals surface area contributed by atoms with E-state index in [1.54, 1.807) is 16.9 Å². The van der Waals surface area contributed by atoms with Gasteiger partial charge in [0.05, 0.1) is 0 Å². The summed E-state index contributed by atoms with van der Waals surface area (Å²) in [6.07, 6.45) is 3.50. The van der Waals surface area contributed by atoms with Gasteiger partial charge in [-0.1, -0.05) is 6.07 Å². The van der Waals surface area contributed by atoms with Gasteiger partial charge in [0.25, 0.3) is 5.91 Å². The van der Waals surface area contributed by atoms with Crippen molar-refractivity contribution in [3.63, 3.8) is 0 Å². The number of carbonyl (C=O) groups excluding carboxylic acids is 1. The Morgan fingerprint density at radius 2 is 2.14 bits per heavy atom. The van der Waals surface area contributed by atoms with Crippen LogP contribution in [0.2, 0.25) is 0 Å². The van der Waals surface area contributed by atoms with Crippen LogP contribution < -0.4 is 5.32 Å². The number of pyridine rings is 1. The standard InChI is InChI=1S/C14H17N5O.2ClH/c1-11-10-15-7-9-18(11)14(20)12-4-2-5-13(17-12)19-8-3-6-16-19;;/h2-6,8,11,15H,7,9-10H2,1H3;2*1H. The van der Waals surface area contributed by atoms with Gasteiger partial charge >= 0.3 is 0 Å². The van der Waals surface area contributed by atoms with E-state index in [2.05, 4.69) is 15.4 Å². The summed E-state index contributed by atoms with van der Waals surface area (Å²) in [4.78, 5) is 18.8. The van der Waals surface area contributed by atoms with Crippen LogP contribution in [0.1, 0.15) is 17.4 Å². The van der Waals surface area contributed by atoms with E-state index in [-0.39, 0.29) is 36.8 Å². The van der Waals surface area contributed by atoms with Crippen LogP contribution in [0.3, 0.4) is 0 Å². The van der Waals surface area contributed by atoms with Gasteiger partial charge in [0.1, 0.15) is 5.69 Å². The molecule has 0 saturated carbocycles. The second-order valence-corrected chi connectivity index (χ2v) is 4.88. The third-order valence-electron chi connectivity index (χ3n) is 3.45. The van der Waals surface area contributed by atoms with Crippen LogP contribution in [0.5, 0.6) is 0 Å².